The number of sulfone groups is 1. The van der Waals surface area contributed by atoms with Gasteiger partial charge in [-0.3, -0.25) is 4.90 Å². The quantitative estimate of drug-likeness (QED) is 0.490. The summed E-state index contributed by atoms with van der Waals surface area (Å²) in [6, 6.07) is 8.21. The van der Waals surface area contributed by atoms with E-state index in [9.17, 15) is 18.0 Å². The van der Waals surface area contributed by atoms with Gasteiger partial charge >= 0.3 is 6.09 Å². The average Bonchev–Trinajstić information content (AvgIpc) is 3.23. The van der Waals surface area contributed by atoms with E-state index in [1.807, 2.05) is 0 Å². The molecule has 2 unspecified atom stereocenters. The van der Waals surface area contributed by atoms with Gasteiger partial charge < -0.3 is 23.7 Å². The fraction of sp³-hybridized carbons (Fsp3) is 0.680. The summed E-state index contributed by atoms with van der Waals surface area (Å²) in [4.78, 5) is 25.8. The summed E-state index contributed by atoms with van der Waals surface area (Å²) in [5.41, 5.74) is -1.52. The molecule has 0 N–H and O–H groups in total. The second kappa shape index (κ2) is 10.5. The molecule has 0 bridgehead atoms. The number of benzene rings is 1. The van der Waals surface area contributed by atoms with Crippen molar-refractivity contribution >= 4 is 22.2 Å². The molecule has 2 aliphatic rings. The average molecular weight is 512 g/mol. The number of rotatable bonds is 8. The molecule has 9 nitrogen and oxygen atoms in total. The highest BCUT2D eigenvalue weighted by atomic mass is 32.2. The smallest absolute Gasteiger partial charge is 0.412 e. The van der Waals surface area contributed by atoms with E-state index in [4.69, 9.17) is 18.9 Å². The first kappa shape index (κ1) is 27.6. The highest BCUT2D eigenvalue weighted by molar-refractivity contribution is 7.91. The first-order chi connectivity index (χ1) is 16.3. The topological polar surface area (TPSA) is 108 Å². The van der Waals surface area contributed by atoms with Crippen LogP contribution in [0.5, 0.6) is 0 Å². The van der Waals surface area contributed by atoms with Crippen molar-refractivity contribution in [3.05, 3.63) is 30.3 Å². The molecular formula is C25H37NO8S. The summed E-state index contributed by atoms with van der Waals surface area (Å²) < 4.78 is 49.8. The molecule has 35 heavy (non-hydrogen) atoms. The first-order valence-electron chi connectivity index (χ1n) is 11.9. The minimum Gasteiger partial charge on any atom is -0.444 e. The van der Waals surface area contributed by atoms with Gasteiger partial charge in [-0.1, -0.05) is 18.2 Å². The van der Waals surface area contributed by atoms with Gasteiger partial charge in [-0.2, -0.15) is 0 Å². The molecule has 196 valence electrons. The van der Waals surface area contributed by atoms with Crippen molar-refractivity contribution in [3.8, 4) is 0 Å². The van der Waals surface area contributed by atoms with Gasteiger partial charge in [0, 0.05) is 25.9 Å². The minimum absolute atomic E-state index is 0.0619. The third-order valence-electron chi connectivity index (χ3n) is 6.33. The molecule has 2 saturated heterocycles. The van der Waals surface area contributed by atoms with E-state index in [-0.39, 0.29) is 23.2 Å². The van der Waals surface area contributed by atoms with Crippen LogP contribution in [-0.2, 0) is 33.6 Å². The van der Waals surface area contributed by atoms with Crippen LogP contribution in [0.3, 0.4) is 0 Å². The second-order valence-electron chi connectivity index (χ2n) is 10.6. The molecule has 2 aliphatic heterocycles. The Bertz CT molecular complexity index is 988. The van der Waals surface area contributed by atoms with Gasteiger partial charge in [0.1, 0.15) is 17.6 Å². The fourth-order valence-corrected chi connectivity index (χ4v) is 6.51. The molecule has 1 aromatic carbocycles. The maximum atomic E-state index is 13.1. The SMILES string of the molecule is CO[C@H]1C(C[C@H]2CN(C(=O)OC(C)(C)C)C(C)(C)O2)OC(CC=O)[C@@H]1CS(=O)(=O)c1ccccc1. The molecule has 2 fully saturated rings. The zero-order valence-electron chi connectivity index (χ0n) is 21.3. The van der Waals surface area contributed by atoms with Crippen LogP contribution in [0.25, 0.3) is 0 Å². The Labute approximate surface area is 208 Å². The summed E-state index contributed by atoms with van der Waals surface area (Å²) in [5, 5.41) is 0. The lowest BCUT2D eigenvalue weighted by Gasteiger charge is -2.31. The lowest BCUT2D eigenvalue weighted by atomic mass is 9.94. The maximum absolute atomic E-state index is 13.1. The third-order valence-corrected chi connectivity index (χ3v) is 8.14. The number of methoxy groups -OCH3 is 1. The molecular weight excluding hydrogens is 474 g/mol. The highest BCUT2D eigenvalue weighted by Gasteiger charge is 2.50. The molecule has 10 heteroatoms. The van der Waals surface area contributed by atoms with Crippen molar-refractivity contribution in [2.75, 3.05) is 19.4 Å². The second-order valence-corrected chi connectivity index (χ2v) is 12.6. The Kier molecular flexibility index (Phi) is 8.30. The van der Waals surface area contributed by atoms with Crippen LogP contribution in [0.15, 0.2) is 35.2 Å². The van der Waals surface area contributed by atoms with E-state index >= 15 is 0 Å². The largest absolute Gasteiger partial charge is 0.444 e. The van der Waals surface area contributed by atoms with Crippen LogP contribution in [0.1, 0.15) is 47.5 Å². The molecule has 2 heterocycles. The van der Waals surface area contributed by atoms with Crippen LogP contribution in [0.4, 0.5) is 4.79 Å². The molecule has 5 atom stereocenters. The molecule has 1 amide bonds. The van der Waals surface area contributed by atoms with Crippen LogP contribution in [0.2, 0.25) is 0 Å². The van der Waals surface area contributed by atoms with Gasteiger partial charge in [0.15, 0.2) is 9.84 Å². The predicted octanol–water partition coefficient (Wildman–Crippen LogP) is 3.21. The third kappa shape index (κ3) is 6.61. The molecule has 1 aromatic rings. The molecule has 0 aromatic heterocycles. The van der Waals surface area contributed by atoms with Crippen molar-refractivity contribution in [3.63, 3.8) is 0 Å². The lowest BCUT2D eigenvalue weighted by Crippen LogP contribution is -2.46. The van der Waals surface area contributed by atoms with Crippen molar-refractivity contribution in [2.24, 2.45) is 5.92 Å². The fourth-order valence-electron chi connectivity index (χ4n) is 4.84. The summed E-state index contributed by atoms with van der Waals surface area (Å²) >= 11 is 0. The maximum Gasteiger partial charge on any atom is 0.412 e. The van der Waals surface area contributed by atoms with Crippen LogP contribution < -0.4 is 0 Å². The summed E-state index contributed by atoms with van der Waals surface area (Å²) in [6.45, 7) is 9.30. The summed E-state index contributed by atoms with van der Waals surface area (Å²) in [6.07, 6.45) is -1.32. The Morgan fingerprint density at radius 2 is 1.86 bits per heavy atom. The summed E-state index contributed by atoms with van der Waals surface area (Å²) in [7, 11) is -2.11. The number of aldehydes is 1. The highest BCUT2D eigenvalue weighted by Crippen LogP contribution is 2.38. The van der Waals surface area contributed by atoms with E-state index in [0.29, 0.717) is 13.0 Å². The normalized spacial score (nSPS) is 28.7. The van der Waals surface area contributed by atoms with Crippen LogP contribution >= 0.6 is 0 Å². The van der Waals surface area contributed by atoms with E-state index < -0.39 is 51.5 Å². The number of hydrogen-bond acceptors (Lipinski definition) is 8. The van der Waals surface area contributed by atoms with Crippen LogP contribution in [0, 0.1) is 5.92 Å². The molecule has 0 saturated carbocycles. The predicted molar refractivity (Wildman–Crippen MR) is 129 cm³/mol. The van der Waals surface area contributed by atoms with E-state index in [2.05, 4.69) is 0 Å². The van der Waals surface area contributed by atoms with Crippen molar-refractivity contribution in [1.29, 1.82) is 0 Å². The van der Waals surface area contributed by atoms with Crippen molar-refractivity contribution in [1.82, 2.24) is 4.90 Å². The summed E-state index contributed by atoms with van der Waals surface area (Å²) in [5.74, 6) is -0.734. The number of carbonyl (C=O) groups excluding carboxylic acids is 2. The van der Waals surface area contributed by atoms with Gasteiger partial charge in [-0.05, 0) is 46.8 Å². The lowest BCUT2D eigenvalue weighted by molar-refractivity contribution is -0.111. The van der Waals surface area contributed by atoms with Gasteiger partial charge in [-0.15, -0.1) is 0 Å². The Hall–Kier alpha value is -2.01. The monoisotopic (exact) mass is 511 g/mol. The number of hydrogen-bond donors (Lipinski definition) is 0. The Balaban J connectivity index is 1.75. The Morgan fingerprint density at radius 1 is 1.20 bits per heavy atom. The van der Waals surface area contributed by atoms with Gasteiger partial charge in [0.2, 0.25) is 0 Å². The van der Waals surface area contributed by atoms with Gasteiger partial charge in [0.25, 0.3) is 0 Å². The first-order valence-corrected chi connectivity index (χ1v) is 13.5. The minimum atomic E-state index is -3.62. The molecule has 0 radical (unpaired) electrons. The van der Waals surface area contributed by atoms with Gasteiger partial charge in [-0.25, -0.2) is 13.2 Å². The number of carbonyl (C=O) groups is 2. The zero-order chi connectivity index (χ0) is 26.0. The van der Waals surface area contributed by atoms with Crippen molar-refractivity contribution < 1.29 is 37.0 Å². The molecule has 0 aliphatic carbocycles. The van der Waals surface area contributed by atoms with E-state index in [0.717, 1.165) is 6.29 Å². The van der Waals surface area contributed by atoms with Crippen LogP contribution in [-0.4, -0.2) is 80.8 Å². The van der Waals surface area contributed by atoms with Crippen molar-refractivity contribution in [2.45, 2.75) is 88.1 Å². The number of ether oxygens (including phenoxy) is 4. The number of amides is 1. The number of nitrogens with zero attached hydrogens (tertiary/aromatic N) is 1. The standard InChI is InChI=1S/C25H37NO8S/c1-24(2,3)34-23(28)26-15-17(33-25(26,4)5)14-21-22(31-6)19(20(32-21)12-13-27)16-35(29,30)18-10-8-7-9-11-18/h7-11,13,17,19-22H,12,14-16H2,1-6H3/t17-,19-,20?,21?,22+/m0/s1. The van der Waals surface area contributed by atoms with Gasteiger partial charge in [0.05, 0.1) is 41.6 Å². The van der Waals surface area contributed by atoms with E-state index in [1.54, 1.807) is 69.9 Å². The zero-order valence-corrected chi connectivity index (χ0v) is 22.1. The molecule has 3 rings (SSSR count). The Morgan fingerprint density at radius 3 is 2.43 bits per heavy atom. The van der Waals surface area contributed by atoms with E-state index in [1.165, 1.54) is 7.11 Å². The molecule has 0 spiro atoms.